The molecule has 2 heterocycles. The van der Waals surface area contributed by atoms with E-state index in [1.54, 1.807) is 23.2 Å². The number of benzene rings is 1. The Morgan fingerprint density at radius 1 is 1.26 bits per heavy atom. The van der Waals surface area contributed by atoms with Crippen molar-refractivity contribution in [3.8, 4) is 5.75 Å². The Morgan fingerprint density at radius 2 is 2.02 bits per heavy atom. The number of phenolic OH excluding ortho intramolecular Hbond substituents is 1. The smallest absolute Gasteiger partial charge is 0.250 e. The van der Waals surface area contributed by atoms with Gasteiger partial charge in [0, 0.05) is 61.9 Å². The zero-order valence-corrected chi connectivity index (χ0v) is 28.5. The second-order valence-electron chi connectivity index (χ2n) is 12.0. The molecule has 47 heavy (non-hydrogen) atoms. The molecule has 0 spiro atoms. The molecule has 1 aromatic carbocycles. The van der Waals surface area contributed by atoms with Crippen LogP contribution in [0.25, 0.3) is 5.57 Å². The van der Waals surface area contributed by atoms with Crippen LogP contribution in [0.2, 0.25) is 0 Å². The highest BCUT2D eigenvalue weighted by atomic mass is 35.5. The average Bonchev–Trinajstić information content (AvgIpc) is 3.57. The summed E-state index contributed by atoms with van der Waals surface area (Å²) >= 11 is 6.32. The van der Waals surface area contributed by atoms with Crippen LogP contribution in [0.1, 0.15) is 56.5 Å². The van der Waals surface area contributed by atoms with E-state index in [2.05, 4.69) is 45.5 Å². The van der Waals surface area contributed by atoms with Crippen LogP contribution in [0, 0.1) is 6.92 Å². The van der Waals surface area contributed by atoms with Gasteiger partial charge in [0.2, 0.25) is 5.95 Å². The number of phenols is 1. The van der Waals surface area contributed by atoms with Gasteiger partial charge in [0.05, 0.1) is 17.6 Å². The van der Waals surface area contributed by atoms with Crippen LogP contribution in [-0.2, 0) is 9.74 Å². The van der Waals surface area contributed by atoms with Crippen molar-refractivity contribution in [3.05, 3.63) is 101 Å². The van der Waals surface area contributed by atoms with E-state index in [-0.39, 0.29) is 24.1 Å². The Balaban J connectivity index is 1.51. The first-order valence-corrected chi connectivity index (χ1v) is 16.7. The third-order valence-electron chi connectivity index (χ3n) is 8.46. The van der Waals surface area contributed by atoms with E-state index in [9.17, 15) is 14.4 Å². The number of anilines is 1. The number of rotatable bonds is 15. The van der Waals surface area contributed by atoms with Crippen LogP contribution in [0.15, 0.2) is 84.4 Å². The standard InChI is InChI=1S/C36H46ClFN6O3/c1-6-15-44(33(24-47-38)27-9-8-10-32(45)21-27)35(46)29-12-11-28(20-29)34-26(5)23-39-36(41-34)40-30(22-37)13-14-31(7-2)43-18-16-42(17-19-43)25(3)4/h7-11,13-14,20-21,23,25,33,45H,2,6,12,15-19,22,24H2,1,3-5H3,(H,39,40,41)/b30-13+,31-14+. The lowest BCUT2D eigenvalue weighted by atomic mass is 10.0. The van der Waals surface area contributed by atoms with Crippen LogP contribution in [0.4, 0.5) is 10.5 Å². The number of halogens is 2. The number of hydrogen-bond donors (Lipinski definition) is 2. The predicted molar refractivity (Wildman–Crippen MR) is 186 cm³/mol. The summed E-state index contributed by atoms with van der Waals surface area (Å²) in [6, 6.07) is 6.29. The number of carbonyl (C=O) groups excluding carboxylic acids is 1. The Morgan fingerprint density at radius 3 is 2.66 bits per heavy atom. The van der Waals surface area contributed by atoms with Crippen molar-refractivity contribution < 1.29 is 19.4 Å². The number of carbonyl (C=O) groups is 1. The van der Waals surface area contributed by atoms with E-state index in [0.29, 0.717) is 48.2 Å². The molecule has 0 saturated carbocycles. The Bertz CT molecular complexity index is 1530. The first-order valence-electron chi connectivity index (χ1n) is 16.1. The molecule has 252 valence electrons. The predicted octanol–water partition coefficient (Wildman–Crippen LogP) is 6.72. The molecular weight excluding hydrogens is 619 g/mol. The van der Waals surface area contributed by atoms with Crippen LogP contribution >= 0.6 is 11.6 Å². The minimum absolute atomic E-state index is 0.0347. The molecule has 9 nitrogen and oxygen atoms in total. The largest absolute Gasteiger partial charge is 0.508 e. The molecule has 1 atom stereocenters. The van der Waals surface area contributed by atoms with Crippen molar-refractivity contribution in [1.82, 2.24) is 24.7 Å². The minimum atomic E-state index is -0.706. The first-order chi connectivity index (χ1) is 22.7. The fourth-order valence-electron chi connectivity index (χ4n) is 5.86. The molecule has 11 heteroatoms. The summed E-state index contributed by atoms with van der Waals surface area (Å²) in [4.78, 5) is 33.5. The number of aromatic hydroxyl groups is 1. The summed E-state index contributed by atoms with van der Waals surface area (Å²) in [5.41, 5.74) is 5.26. The van der Waals surface area contributed by atoms with E-state index < -0.39 is 6.04 Å². The molecule has 1 fully saturated rings. The van der Waals surface area contributed by atoms with Gasteiger partial charge in [-0.05, 0) is 91.3 Å². The fraction of sp³-hybridized carbons (Fsp3) is 0.417. The van der Waals surface area contributed by atoms with Gasteiger partial charge in [-0.3, -0.25) is 9.69 Å². The highest BCUT2D eigenvalue weighted by molar-refractivity contribution is 6.19. The number of nitrogens with one attached hydrogen (secondary N) is 1. The molecule has 1 aliphatic carbocycles. The number of piperazine rings is 1. The third kappa shape index (κ3) is 9.31. The molecule has 0 bridgehead atoms. The normalized spacial score (nSPS) is 16.6. The quantitative estimate of drug-likeness (QED) is 0.160. The summed E-state index contributed by atoms with van der Waals surface area (Å²) in [6.07, 6.45) is 12.4. The SMILES string of the molecule is C=C/C(=C\C=C(/CCl)Nc1ncc(C)c(C2=CCC(C(=O)N(CCC)C(COF)c3cccc(O)c3)=C2)n1)N1CCN(C(C)C)CC1. The van der Waals surface area contributed by atoms with Crippen LogP contribution in [0.3, 0.4) is 0 Å². The molecule has 2 N–H and O–H groups in total. The van der Waals surface area contributed by atoms with Gasteiger partial charge < -0.3 is 20.2 Å². The monoisotopic (exact) mass is 664 g/mol. The van der Waals surface area contributed by atoms with Gasteiger partial charge in [0.1, 0.15) is 12.4 Å². The lowest BCUT2D eigenvalue weighted by Crippen LogP contribution is -2.48. The molecule has 0 radical (unpaired) electrons. The maximum Gasteiger partial charge on any atom is 0.250 e. The number of aryl methyl sites for hydroxylation is 1. The molecule has 1 saturated heterocycles. The third-order valence-corrected chi connectivity index (χ3v) is 8.75. The lowest BCUT2D eigenvalue weighted by molar-refractivity contribution is -0.157. The average molecular weight is 665 g/mol. The van der Waals surface area contributed by atoms with Crippen molar-refractivity contribution in [3.63, 3.8) is 0 Å². The van der Waals surface area contributed by atoms with Gasteiger partial charge >= 0.3 is 0 Å². The number of nitrogens with zero attached hydrogens (tertiary/aromatic N) is 5. The van der Waals surface area contributed by atoms with Gasteiger partial charge in [-0.15, -0.1) is 11.6 Å². The molecule has 1 aromatic heterocycles. The Labute approximate surface area is 282 Å². The Kier molecular flexibility index (Phi) is 13.2. The van der Waals surface area contributed by atoms with E-state index in [0.717, 1.165) is 48.7 Å². The molecule has 1 amide bonds. The molecule has 1 aliphatic heterocycles. The number of allylic oxidation sites excluding steroid dienone is 7. The minimum Gasteiger partial charge on any atom is -0.508 e. The number of amides is 1. The topological polar surface area (TPSA) is 94.1 Å². The maximum absolute atomic E-state index is 13.8. The second-order valence-corrected chi connectivity index (χ2v) is 12.3. The maximum atomic E-state index is 13.8. The number of aromatic nitrogens is 2. The molecule has 1 unspecified atom stereocenters. The fourth-order valence-corrected chi connectivity index (χ4v) is 6.02. The van der Waals surface area contributed by atoms with Crippen LogP contribution in [0.5, 0.6) is 5.75 Å². The van der Waals surface area contributed by atoms with Crippen molar-refractivity contribution in [2.45, 2.75) is 52.6 Å². The van der Waals surface area contributed by atoms with E-state index in [1.807, 2.05) is 44.2 Å². The highest BCUT2D eigenvalue weighted by Gasteiger charge is 2.29. The summed E-state index contributed by atoms with van der Waals surface area (Å²) in [5, 5.41) is 13.3. The summed E-state index contributed by atoms with van der Waals surface area (Å²) in [6.45, 7) is 16.2. The molecule has 4 rings (SSSR count). The zero-order valence-electron chi connectivity index (χ0n) is 27.8. The number of alkyl halides is 1. The first kappa shape index (κ1) is 35.9. The lowest BCUT2D eigenvalue weighted by Gasteiger charge is -2.38. The van der Waals surface area contributed by atoms with E-state index in [4.69, 9.17) is 16.6 Å². The molecule has 2 aromatic rings. The second kappa shape index (κ2) is 17.2. The Hall–Kier alpha value is -3.99. The summed E-state index contributed by atoms with van der Waals surface area (Å²) in [7, 11) is 0. The van der Waals surface area contributed by atoms with Gasteiger partial charge in [0.15, 0.2) is 0 Å². The van der Waals surface area contributed by atoms with Crippen LogP contribution in [-0.4, -0.2) is 86.9 Å². The van der Waals surface area contributed by atoms with E-state index in [1.165, 1.54) is 12.1 Å². The van der Waals surface area contributed by atoms with Gasteiger partial charge in [-0.25, -0.2) is 9.97 Å². The van der Waals surface area contributed by atoms with Crippen LogP contribution < -0.4 is 5.32 Å². The summed E-state index contributed by atoms with van der Waals surface area (Å²) in [5.74, 6) is 0.428. The highest BCUT2D eigenvalue weighted by Crippen LogP contribution is 2.32. The van der Waals surface area contributed by atoms with Crippen molar-refractivity contribution in [1.29, 1.82) is 0 Å². The van der Waals surface area contributed by atoms with Crippen molar-refractivity contribution in [2.24, 2.45) is 0 Å². The van der Waals surface area contributed by atoms with Gasteiger partial charge in [0.25, 0.3) is 5.91 Å². The number of hydrogen-bond acceptors (Lipinski definition) is 8. The summed E-state index contributed by atoms with van der Waals surface area (Å²) < 4.78 is 13.2. The van der Waals surface area contributed by atoms with E-state index >= 15 is 0 Å². The van der Waals surface area contributed by atoms with Crippen molar-refractivity contribution in [2.75, 3.05) is 50.5 Å². The molecule has 2 aliphatic rings. The zero-order chi connectivity index (χ0) is 33.9. The van der Waals surface area contributed by atoms with Gasteiger partial charge in [-0.2, -0.15) is 4.94 Å². The molecular formula is C36H46ClFN6O3. The van der Waals surface area contributed by atoms with Gasteiger partial charge in [-0.1, -0.05) is 31.7 Å². The van der Waals surface area contributed by atoms with Crippen molar-refractivity contribution >= 4 is 29.0 Å².